The van der Waals surface area contributed by atoms with Crippen LogP contribution in [0.1, 0.15) is 21.6 Å². The molecule has 1 aromatic heterocycles. The second-order valence-corrected chi connectivity index (χ2v) is 4.30. The van der Waals surface area contributed by atoms with Crippen LogP contribution < -0.4 is 5.56 Å². The van der Waals surface area contributed by atoms with Gasteiger partial charge in [0, 0.05) is 11.3 Å². The van der Waals surface area contributed by atoms with Gasteiger partial charge < -0.3 is 9.67 Å². The number of rotatable bonds is 3. The lowest BCUT2D eigenvalue weighted by Crippen LogP contribution is -2.28. The zero-order valence-electron chi connectivity index (χ0n) is 10.6. The van der Waals surface area contributed by atoms with Crippen LogP contribution in [0.4, 0.5) is 8.78 Å². The molecule has 0 unspecified atom stereocenters. The van der Waals surface area contributed by atoms with Crippen molar-refractivity contribution in [3.8, 4) is 0 Å². The molecule has 0 bridgehead atoms. The van der Waals surface area contributed by atoms with Crippen LogP contribution >= 0.6 is 0 Å². The summed E-state index contributed by atoms with van der Waals surface area (Å²) in [7, 11) is 0. The maximum Gasteiger partial charge on any atom is 0.341 e. The van der Waals surface area contributed by atoms with Crippen molar-refractivity contribution in [2.45, 2.75) is 13.5 Å². The number of carboxylic acid groups (broad SMARTS) is 1. The maximum atomic E-state index is 13.6. The van der Waals surface area contributed by atoms with Gasteiger partial charge in [-0.1, -0.05) is 12.1 Å². The molecule has 0 saturated heterocycles. The zero-order chi connectivity index (χ0) is 14.9. The quantitative estimate of drug-likeness (QED) is 0.936. The largest absolute Gasteiger partial charge is 0.477 e. The normalized spacial score (nSPS) is 10.6. The standard InChI is InChI=1S/C14H11F2NO3/c1-8-5-6-10(14(19)20)13(18)17(8)7-9-3-2-4-11(15)12(9)16/h2-6H,7H2,1H3,(H,19,20). The van der Waals surface area contributed by atoms with Crippen LogP contribution in [0.5, 0.6) is 0 Å². The smallest absolute Gasteiger partial charge is 0.341 e. The van der Waals surface area contributed by atoms with E-state index in [9.17, 15) is 18.4 Å². The summed E-state index contributed by atoms with van der Waals surface area (Å²) in [4.78, 5) is 22.9. The highest BCUT2D eigenvalue weighted by Gasteiger charge is 2.15. The van der Waals surface area contributed by atoms with Gasteiger partial charge in [-0.05, 0) is 25.1 Å². The van der Waals surface area contributed by atoms with Gasteiger partial charge in [-0.2, -0.15) is 0 Å². The van der Waals surface area contributed by atoms with Crippen LogP contribution in [-0.2, 0) is 6.54 Å². The summed E-state index contributed by atoms with van der Waals surface area (Å²) in [5, 5.41) is 8.90. The molecule has 0 amide bonds. The van der Waals surface area contributed by atoms with Crippen LogP contribution in [0.2, 0.25) is 0 Å². The first-order chi connectivity index (χ1) is 9.41. The third kappa shape index (κ3) is 2.45. The number of hydrogen-bond donors (Lipinski definition) is 1. The molecule has 0 spiro atoms. The third-order valence-corrected chi connectivity index (χ3v) is 2.98. The van der Waals surface area contributed by atoms with E-state index in [0.29, 0.717) is 5.69 Å². The van der Waals surface area contributed by atoms with Crippen molar-refractivity contribution in [2.75, 3.05) is 0 Å². The molecule has 0 aliphatic carbocycles. The van der Waals surface area contributed by atoms with Gasteiger partial charge in [0.05, 0.1) is 6.54 Å². The van der Waals surface area contributed by atoms with E-state index < -0.39 is 28.7 Å². The van der Waals surface area contributed by atoms with Gasteiger partial charge in [0.1, 0.15) is 5.56 Å². The molecule has 2 aromatic rings. The lowest BCUT2D eigenvalue weighted by Gasteiger charge is -2.11. The van der Waals surface area contributed by atoms with Gasteiger partial charge in [-0.25, -0.2) is 13.6 Å². The predicted molar refractivity (Wildman–Crippen MR) is 67.9 cm³/mol. The van der Waals surface area contributed by atoms with Crippen molar-refractivity contribution >= 4 is 5.97 Å². The number of aryl methyl sites for hydroxylation is 1. The maximum absolute atomic E-state index is 13.6. The molecule has 0 aliphatic heterocycles. The topological polar surface area (TPSA) is 59.3 Å². The molecule has 104 valence electrons. The minimum absolute atomic E-state index is 0.0160. The molecule has 0 atom stereocenters. The molecule has 0 aliphatic rings. The lowest BCUT2D eigenvalue weighted by atomic mass is 10.1. The Hall–Kier alpha value is -2.50. The van der Waals surface area contributed by atoms with Gasteiger partial charge in [0.15, 0.2) is 11.6 Å². The molecule has 2 rings (SSSR count). The van der Waals surface area contributed by atoms with Crippen molar-refractivity contribution in [2.24, 2.45) is 0 Å². The number of carbonyl (C=O) groups is 1. The fraction of sp³-hybridized carbons (Fsp3) is 0.143. The number of carboxylic acids is 1. The summed E-state index contributed by atoms with van der Waals surface area (Å²) in [6.07, 6.45) is 0. The fourth-order valence-electron chi connectivity index (χ4n) is 1.87. The summed E-state index contributed by atoms with van der Waals surface area (Å²) in [5.74, 6) is -3.41. The van der Waals surface area contributed by atoms with Crippen molar-refractivity contribution in [1.29, 1.82) is 0 Å². The molecule has 4 nitrogen and oxygen atoms in total. The average molecular weight is 279 g/mol. The molecule has 6 heteroatoms. The number of hydrogen-bond acceptors (Lipinski definition) is 2. The fourth-order valence-corrected chi connectivity index (χ4v) is 1.87. The van der Waals surface area contributed by atoms with Gasteiger partial charge in [0.25, 0.3) is 5.56 Å². The molecule has 1 aromatic carbocycles. The first kappa shape index (κ1) is 13.9. The molecule has 0 saturated carbocycles. The highest BCUT2D eigenvalue weighted by Crippen LogP contribution is 2.13. The molecule has 0 radical (unpaired) electrons. The second-order valence-electron chi connectivity index (χ2n) is 4.30. The summed E-state index contributed by atoms with van der Waals surface area (Å²) >= 11 is 0. The van der Waals surface area contributed by atoms with Gasteiger partial charge in [-0.3, -0.25) is 4.79 Å². The molecule has 1 heterocycles. The average Bonchev–Trinajstić information content (AvgIpc) is 2.38. The van der Waals surface area contributed by atoms with E-state index >= 15 is 0 Å². The van der Waals surface area contributed by atoms with Crippen LogP contribution in [0.15, 0.2) is 35.1 Å². The Morgan fingerprint density at radius 1 is 1.25 bits per heavy atom. The van der Waals surface area contributed by atoms with Crippen molar-refractivity contribution in [3.63, 3.8) is 0 Å². The Morgan fingerprint density at radius 3 is 2.60 bits per heavy atom. The van der Waals surface area contributed by atoms with E-state index in [1.54, 1.807) is 6.92 Å². The van der Waals surface area contributed by atoms with E-state index in [2.05, 4.69) is 0 Å². The Labute approximate surface area is 112 Å². The first-order valence-corrected chi connectivity index (χ1v) is 5.78. The highest BCUT2D eigenvalue weighted by molar-refractivity contribution is 5.87. The molecule has 20 heavy (non-hydrogen) atoms. The number of pyridine rings is 1. The van der Waals surface area contributed by atoms with Crippen LogP contribution in [0, 0.1) is 18.6 Å². The van der Waals surface area contributed by atoms with Gasteiger partial charge >= 0.3 is 5.97 Å². The minimum Gasteiger partial charge on any atom is -0.477 e. The Bertz CT molecular complexity index is 738. The van der Waals surface area contributed by atoms with Crippen LogP contribution in [0.25, 0.3) is 0 Å². The predicted octanol–water partition coefficient (Wildman–Crippen LogP) is 2.18. The Morgan fingerprint density at radius 2 is 1.95 bits per heavy atom. The highest BCUT2D eigenvalue weighted by atomic mass is 19.2. The third-order valence-electron chi connectivity index (χ3n) is 2.98. The van der Waals surface area contributed by atoms with Crippen LogP contribution in [-0.4, -0.2) is 15.6 Å². The molecular weight excluding hydrogens is 268 g/mol. The van der Waals surface area contributed by atoms with Crippen LogP contribution in [0.3, 0.4) is 0 Å². The zero-order valence-corrected chi connectivity index (χ0v) is 10.6. The molecule has 1 N–H and O–H groups in total. The van der Waals surface area contributed by atoms with E-state index in [4.69, 9.17) is 5.11 Å². The summed E-state index contributed by atoms with van der Waals surface area (Å²) in [5.41, 5.74) is -0.713. The Balaban J connectivity index is 2.54. The number of aromatic carboxylic acids is 1. The number of benzene rings is 1. The number of halogens is 2. The van der Waals surface area contributed by atoms with E-state index in [0.717, 1.165) is 10.6 Å². The summed E-state index contributed by atoms with van der Waals surface area (Å²) in [6, 6.07) is 6.29. The monoisotopic (exact) mass is 279 g/mol. The van der Waals surface area contributed by atoms with E-state index in [1.807, 2.05) is 0 Å². The van der Waals surface area contributed by atoms with E-state index in [1.165, 1.54) is 24.3 Å². The Kier molecular flexibility index (Phi) is 3.65. The number of aromatic nitrogens is 1. The van der Waals surface area contributed by atoms with Crippen molar-refractivity contribution in [1.82, 2.24) is 4.57 Å². The molecule has 0 fully saturated rings. The first-order valence-electron chi connectivity index (χ1n) is 5.78. The molecular formula is C14H11F2NO3. The lowest BCUT2D eigenvalue weighted by molar-refractivity contribution is 0.0694. The minimum atomic E-state index is -1.36. The van der Waals surface area contributed by atoms with Crippen molar-refractivity contribution < 1.29 is 18.7 Å². The number of nitrogens with zero attached hydrogens (tertiary/aromatic N) is 1. The van der Waals surface area contributed by atoms with Gasteiger partial charge in [0.2, 0.25) is 0 Å². The van der Waals surface area contributed by atoms with Gasteiger partial charge in [-0.15, -0.1) is 0 Å². The van der Waals surface area contributed by atoms with Crippen molar-refractivity contribution in [3.05, 3.63) is 69.1 Å². The second kappa shape index (κ2) is 5.24. The summed E-state index contributed by atoms with van der Waals surface area (Å²) < 4.78 is 27.8. The summed E-state index contributed by atoms with van der Waals surface area (Å²) in [6.45, 7) is 1.36. The SMILES string of the molecule is Cc1ccc(C(=O)O)c(=O)n1Cc1cccc(F)c1F. The van der Waals surface area contributed by atoms with E-state index in [-0.39, 0.29) is 12.1 Å².